The zero-order valence-electron chi connectivity index (χ0n) is 9.79. The molecule has 0 heterocycles. The number of methoxy groups -OCH3 is 1. The third kappa shape index (κ3) is 2.33. The van der Waals surface area contributed by atoms with Crippen molar-refractivity contribution >= 4 is 11.6 Å². The predicted octanol–water partition coefficient (Wildman–Crippen LogP) is 2.94. The van der Waals surface area contributed by atoms with Crippen LogP contribution in [0.25, 0.3) is 0 Å². The maximum Gasteiger partial charge on any atom is 0.122 e. The summed E-state index contributed by atoms with van der Waals surface area (Å²) in [5.41, 5.74) is 8.06. The highest BCUT2D eigenvalue weighted by Crippen LogP contribution is 2.34. The number of hydrogen-bond donors (Lipinski definition) is 1. The average molecular weight is 240 g/mol. The molecule has 0 amide bonds. The van der Waals surface area contributed by atoms with Gasteiger partial charge in [0, 0.05) is 11.1 Å². The van der Waals surface area contributed by atoms with E-state index in [1.807, 2.05) is 19.1 Å². The maximum absolute atomic E-state index is 6.14. The fraction of sp³-hybridized carbons (Fsp3) is 0.538. The largest absolute Gasteiger partial charge is 0.496 e. The second kappa shape index (κ2) is 4.64. The van der Waals surface area contributed by atoms with Gasteiger partial charge in [0.05, 0.1) is 7.11 Å². The molecular weight excluding hydrogens is 222 g/mol. The second-order valence-electron chi connectivity index (χ2n) is 4.71. The van der Waals surface area contributed by atoms with Gasteiger partial charge in [0.25, 0.3) is 0 Å². The van der Waals surface area contributed by atoms with E-state index in [0.29, 0.717) is 12.0 Å². The van der Waals surface area contributed by atoms with E-state index in [1.54, 1.807) is 7.11 Å². The van der Waals surface area contributed by atoms with Gasteiger partial charge in [-0.25, -0.2) is 0 Å². The summed E-state index contributed by atoms with van der Waals surface area (Å²) < 4.78 is 5.39. The minimum absolute atomic E-state index is 0.400. The lowest BCUT2D eigenvalue weighted by Crippen LogP contribution is -2.37. The van der Waals surface area contributed by atoms with Crippen molar-refractivity contribution in [3.05, 3.63) is 28.3 Å². The fourth-order valence-electron chi connectivity index (χ4n) is 2.31. The van der Waals surface area contributed by atoms with Gasteiger partial charge < -0.3 is 10.5 Å². The van der Waals surface area contributed by atoms with Crippen LogP contribution in [0.4, 0.5) is 0 Å². The minimum atomic E-state index is 0.400. The molecule has 2 rings (SSSR count). The summed E-state index contributed by atoms with van der Waals surface area (Å²) in [7, 11) is 1.71. The highest BCUT2D eigenvalue weighted by Gasteiger charge is 2.26. The molecule has 0 saturated heterocycles. The highest BCUT2D eigenvalue weighted by molar-refractivity contribution is 6.31. The van der Waals surface area contributed by atoms with Gasteiger partial charge in [0.1, 0.15) is 5.75 Å². The van der Waals surface area contributed by atoms with Gasteiger partial charge in [-0.05, 0) is 55.4 Å². The molecule has 1 aromatic carbocycles. The van der Waals surface area contributed by atoms with Gasteiger partial charge in [-0.2, -0.15) is 0 Å². The molecule has 1 aromatic rings. The van der Waals surface area contributed by atoms with Crippen LogP contribution in [0.15, 0.2) is 12.1 Å². The third-order valence-electron chi connectivity index (χ3n) is 3.34. The van der Waals surface area contributed by atoms with E-state index in [-0.39, 0.29) is 0 Å². The Morgan fingerprint density at radius 1 is 1.44 bits per heavy atom. The maximum atomic E-state index is 6.14. The highest BCUT2D eigenvalue weighted by atomic mass is 35.5. The van der Waals surface area contributed by atoms with Crippen LogP contribution in [0.1, 0.15) is 24.0 Å². The lowest BCUT2D eigenvalue weighted by atomic mass is 9.77. The second-order valence-corrected chi connectivity index (χ2v) is 5.12. The molecule has 0 atom stereocenters. The smallest absolute Gasteiger partial charge is 0.122 e. The Kier molecular flexibility index (Phi) is 3.41. The first kappa shape index (κ1) is 11.7. The number of aryl methyl sites for hydroxylation is 1. The van der Waals surface area contributed by atoms with Crippen LogP contribution in [-0.2, 0) is 6.42 Å². The van der Waals surface area contributed by atoms with E-state index in [2.05, 4.69) is 0 Å². The molecule has 0 bridgehead atoms. The Bertz CT molecular complexity index is 386. The molecule has 0 unspecified atom stereocenters. The van der Waals surface area contributed by atoms with E-state index in [1.165, 1.54) is 5.56 Å². The number of rotatable bonds is 3. The Balaban J connectivity index is 2.15. The van der Waals surface area contributed by atoms with Crippen LogP contribution in [0.5, 0.6) is 5.75 Å². The number of ether oxygens (including phenoxy) is 1. The van der Waals surface area contributed by atoms with E-state index in [9.17, 15) is 0 Å². The molecule has 1 aliphatic carbocycles. The van der Waals surface area contributed by atoms with Gasteiger partial charge >= 0.3 is 0 Å². The fourth-order valence-corrected chi connectivity index (χ4v) is 2.50. The summed E-state index contributed by atoms with van der Waals surface area (Å²) in [6.07, 6.45) is 3.26. The lowest BCUT2D eigenvalue weighted by Gasteiger charge is -2.32. The Hall–Kier alpha value is -0.730. The van der Waals surface area contributed by atoms with Crippen molar-refractivity contribution in [2.45, 2.75) is 32.2 Å². The molecule has 88 valence electrons. The summed E-state index contributed by atoms with van der Waals surface area (Å²) in [5.74, 6) is 1.64. The Labute approximate surface area is 102 Å². The van der Waals surface area contributed by atoms with Crippen LogP contribution in [0.3, 0.4) is 0 Å². The quantitative estimate of drug-likeness (QED) is 0.880. The summed E-state index contributed by atoms with van der Waals surface area (Å²) in [5, 5.41) is 0.819. The number of nitrogens with two attached hydrogens (primary N) is 1. The molecule has 0 radical (unpaired) electrons. The van der Waals surface area contributed by atoms with Gasteiger partial charge in [0.2, 0.25) is 0 Å². The molecule has 0 spiro atoms. The number of hydrogen-bond acceptors (Lipinski definition) is 2. The predicted molar refractivity (Wildman–Crippen MR) is 67.1 cm³/mol. The van der Waals surface area contributed by atoms with Crippen molar-refractivity contribution < 1.29 is 4.74 Å². The molecule has 0 aliphatic heterocycles. The third-order valence-corrected chi connectivity index (χ3v) is 3.75. The van der Waals surface area contributed by atoms with Crippen molar-refractivity contribution in [2.75, 3.05) is 7.11 Å². The Morgan fingerprint density at radius 3 is 2.69 bits per heavy atom. The van der Waals surface area contributed by atoms with Gasteiger partial charge in [0.15, 0.2) is 0 Å². The monoisotopic (exact) mass is 239 g/mol. The van der Waals surface area contributed by atoms with Crippen molar-refractivity contribution in [3.63, 3.8) is 0 Å². The Morgan fingerprint density at radius 2 is 2.12 bits per heavy atom. The molecular formula is C13H18ClNO. The topological polar surface area (TPSA) is 35.2 Å². The van der Waals surface area contributed by atoms with E-state index in [0.717, 1.165) is 35.6 Å². The molecule has 2 nitrogen and oxygen atoms in total. The van der Waals surface area contributed by atoms with Crippen molar-refractivity contribution in [2.24, 2.45) is 11.7 Å². The first-order chi connectivity index (χ1) is 7.60. The summed E-state index contributed by atoms with van der Waals surface area (Å²) in [6, 6.07) is 4.44. The molecule has 0 aromatic heterocycles. The molecule has 16 heavy (non-hydrogen) atoms. The average Bonchev–Trinajstić information content (AvgIpc) is 2.20. The summed E-state index contributed by atoms with van der Waals surface area (Å²) >= 11 is 6.14. The summed E-state index contributed by atoms with van der Waals surface area (Å²) in [4.78, 5) is 0. The lowest BCUT2D eigenvalue weighted by molar-refractivity contribution is 0.261. The van der Waals surface area contributed by atoms with Crippen LogP contribution in [0.2, 0.25) is 5.02 Å². The van der Waals surface area contributed by atoms with Crippen LogP contribution in [0, 0.1) is 12.8 Å². The first-order valence-electron chi connectivity index (χ1n) is 5.68. The van der Waals surface area contributed by atoms with Crippen molar-refractivity contribution in [1.29, 1.82) is 0 Å². The number of halogens is 1. The van der Waals surface area contributed by atoms with E-state index >= 15 is 0 Å². The van der Waals surface area contributed by atoms with Crippen LogP contribution >= 0.6 is 11.6 Å². The van der Waals surface area contributed by atoms with Crippen molar-refractivity contribution in [3.8, 4) is 5.75 Å². The zero-order chi connectivity index (χ0) is 11.7. The van der Waals surface area contributed by atoms with E-state index in [4.69, 9.17) is 22.1 Å². The van der Waals surface area contributed by atoms with Gasteiger partial charge in [-0.3, -0.25) is 0 Å². The van der Waals surface area contributed by atoms with Crippen LogP contribution in [-0.4, -0.2) is 13.2 Å². The molecule has 2 N–H and O–H groups in total. The molecule has 1 fully saturated rings. The number of benzene rings is 1. The van der Waals surface area contributed by atoms with Gasteiger partial charge in [-0.1, -0.05) is 11.6 Å². The normalized spacial score (nSPS) is 24.0. The van der Waals surface area contributed by atoms with Crippen LogP contribution < -0.4 is 10.5 Å². The molecule has 1 aliphatic rings. The molecule has 1 saturated carbocycles. The molecule has 3 heteroatoms. The summed E-state index contributed by atoms with van der Waals surface area (Å²) in [6.45, 7) is 1.99. The standard InChI is InChI=1S/C13H18ClNO/c1-8-3-13(16-2)10(7-12(8)14)4-9-5-11(15)6-9/h3,7,9,11H,4-6,15H2,1-2H3. The van der Waals surface area contributed by atoms with Crippen molar-refractivity contribution in [1.82, 2.24) is 0 Å². The zero-order valence-corrected chi connectivity index (χ0v) is 10.6. The van der Waals surface area contributed by atoms with E-state index < -0.39 is 0 Å². The minimum Gasteiger partial charge on any atom is -0.496 e. The SMILES string of the molecule is COc1cc(C)c(Cl)cc1CC1CC(N)C1. The van der Waals surface area contributed by atoms with Gasteiger partial charge in [-0.15, -0.1) is 0 Å². The first-order valence-corrected chi connectivity index (χ1v) is 6.06.